The van der Waals surface area contributed by atoms with Crippen LogP contribution in [0.3, 0.4) is 0 Å². The highest BCUT2D eigenvalue weighted by atomic mass is 35.5. The van der Waals surface area contributed by atoms with Crippen LogP contribution in [-0.2, 0) is 27.3 Å². The number of carbonyl (C=O) groups excluding carboxylic acids is 2. The molecule has 174 valence electrons. The van der Waals surface area contributed by atoms with Gasteiger partial charge in [-0.3, -0.25) is 9.59 Å². The fourth-order valence-electron chi connectivity index (χ4n) is 4.18. The molecule has 0 N–H and O–H groups in total. The molecule has 0 saturated carbocycles. The van der Waals surface area contributed by atoms with Gasteiger partial charge in [0.15, 0.2) is 0 Å². The fourth-order valence-corrected chi connectivity index (χ4v) is 4.70. The number of carbonyl (C=O) groups is 2. The van der Waals surface area contributed by atoms with Crippen molar-refractivity contribution in [1.29, 1.82) is 0 Å². The predicted octanol–water partition coefficient (Wildman–Crippen LogP) is 5.39. The van der Waals surface area contributed by atoms with Crippen molar-refractivity contribution in [3.63, 3.8) is 0 Å². The molecule has 0 aliphatic carbocycles. The smallest absolute Gasteiger partial charge is 0.310 e. The summed E-state index contributed by atoms with van der Waals surface area (Å²) in [7, 11) is 0. The first-order chi connectivity index (χ1) is 15.9. The molecule has 1 aliphatic rings. The van der Waals surface area contributed by atoms with Crippen LogP contribution in [0.1, 0.15) is 31.2 Å². The molecule has 0 unspecified atom stereocenters. The third-order valence-corrected chi connectivity index (χ3v) is 6.95. The minimum absolute atomic E-state index is 0.0732. The number of piperidine rings is 1. The summed E-state index contributed by atoms with van der Waals surface area (Å²) in [5.41, 5.74) is 2.28. The van der Waals surface area contributed by atoms with Crippen molar-refractivity contribution in [3.05, 3.63) is 62.9 Å². The van der Waals surface area contributed by atoms with Crippen LogP contribution in [-0.4, -0.2) is 46.0 Å². The van der Waals surface area contributed by atoms with Gasteiger partial charge in [-0.05, 0) is 43.5 Å². The number of hydrogen-bond acceptors (Lipinski definition) is 4. The Kier molecular flexibility index (Phi) is 7.47. The normalized spacial score (nSPS) is 16.2. The maximum atomic E-state index is 13.3. The Balaban J connectivity index is 1.64. The zero-order valence-corrected chi connectivity index (χ0v) is 20.5. The standard InChI is InChI=1S/C24H24Cl3N3O3/c1-2-33-24(32)16-7-5-9-29(13-16)23(31)14-30-21-12-19(27)18(26)11-20(21)28-22(30)10-15-6-3-4-8-17(15)25/h3-4,6,8,11-12,16H,2,5,7,9-10,13-14H2,1H3/t16-/m1/s1. The number of ether oxygens (including phenoxy) is 1. The topological polar surface area (TPSA) is 64.4 Å². The van der Waals surface area contributed by atoms with E-state index in [2.05, 4.69) is 0 Å². The molecule has 1 aliphatic heterocycles. The molecule has 33 heavy (non-hydrogen) atoms. The van der Waals surface area contributed by atoms with E-state index in [-0.39, 0.29) is 24.3 Å². The van der Waals surface area contributed by atoms with Crippen molar-refractivity contribution in [2.45, 2.75) is 32.7 Å². The number of imidazole rings is 1. The van der Waals surface area contributed by atoms with Crippen molar-refractivity contribution >= 4 is 57.7 Å². The summed E-state index contributed by atoms with van der Waals surface area (Å²) in [4.78, 5) is 32.0. The third kappa shape index (κ3) is 5.29. The fraction of sp³-hybridized carbons (Fsp3) is 0.375. The van der Waals surface area contributed by atoms with Crippen LogP contribution in [0.4, 0.5) is 0 Å². The van der Waals surface area contributed by atoms with E-state index in [4.69, 9.17) is 44.5 Å². The van der Waals surface area contributed by atoms with Gasteiger partial charge in [-0.2, -0.15) is 0 Å². The van der Waals surface area contributed by atoms with Crippen LogP contribution in [0, 0.1) is 5.92 Å². The SMILES string of the molecule is CCOC(=O)[C@@H]1CCCN(C(=O)Cn2c(Cc3ccccc3Cl)nc3cc(Cl)c(Cl)cc32)C1. The van der Waals surface area contributed by atoms with Gasteiger partial charge >= 0.3 is 5.97 Å². The van der Waals surface area contributed by atoms with E-state index in [1.807, 2.05) is 28.8 Å². The molecule has 1 aromatic heterocycles. The monoisotopic (exact) mass is 507 g/mol. The molecule has 0 spiro atoms. The molecule has 4 rings (SSSR count). The van der Waals surface area contributed by atoms with E-state index < -0.39 is 0 Å². The Labute approximate surface area is 207 Å². The second-order valence-corrected chi connectivity index (χ2v) is 9.29. The van der Waals surface area contributed by atoms with Crippen molar-refractivity contribution in [3.8, 4) is 0 Å². The van der Waals surface area contributed by atoms with Gasteiger partial charge in [0.25, 0.3) is 0 Å². The molecule has 2 heterocycles. The molecule has 0 bridgehead atoms. The van der Waals surface area contributed by atoms with Gasteiger partial charge in [0.05, 0.1) is 33.6 Å². The highest BCUT2D eigenvalue weighted by Crippen LogP contribution is 2.30. The lowest BCUT2D eigenvalue weighted by Gasteiger charge is -2.31. The maximum Gasteiger partial charge on any atom is 0.310 e. The lowest BCUT2D eigenvalue weighted by molar-refractivity contribution is -0.151. The zero-order valence-electron chi connectivity index (χ0n) is 18.2. The van der Waals surface area contributed by atoms with Crippen molar-refractivity contribution in [2.24, 2.45) is 5.92 Å². The average molecular weight is 509 g/mol. The minimum Gasteiger partial charge on any atom is -0.466 e. The number of rotatable bonds is 6. The third-order valence-electron chi connectivity index (χ3n) is 5.86. The summed E-state index contributed by atoms with van der Waals surface area (Å²) in [5, 5.41) is 1.42. The number of nitrogens with zero attached hydrogens (tertiary/aromatic N) is 3. The first-order valence-electron chi connectivity index (χ1n) is 10.9. The zero-order chi connectivity index (χ0) is 23.5. The quantitative estimate of drug-likeness (QED) is 0.419. The van der Waals surface area contributed by atoms with Gasteiger partial charge in [0.2, 0.25) is 5.91 Å². The Hall–Kier alpha value is -2.28. The van der Waals surface area contributed by atoms with E-state index in [1.54, 1.807) is 24.0 Å². The van der Waals surface area contributed by atoms with Crippen LogP contribution >= 0.6 is 34.8 Å². The van der Waals surface area contributed by atoms with Crippen LogP contribution in [0.15, 0.2) is 36.4 Å². The van der Waals surface area contributed by atoms with Gasteiger partial charge in [-0.15, -0.1) is 0 Å². The van der Waals surface area contributed by atoms with Gasteiger partial charge in [-0.25, -0.2) is 4.98 Å². The highest BCUT2D eigenvalue weighted by Gasteiger charge is 2.30. The summed E-state index contributed by atoms with van der Waals surface area (Å²) in [6.45, 7) is 3.15. The summed E-state index contributed by atoms with van der Waals surface area (Å²) in [6.07, 6.45) is 1.93. The lowest BCUT2D eigenvalue weighted by atomic mass is 9.98. The molecule has 1 fully saturated rings. The molecular formula is C24H24Cl3N3O3. The van der Waals surface area contributed by atoms with E-state index in [0.717, 1.165) is 23.9 Å². The first-order valence-corrected chi connectivity index (χ1v) is 12.0. The number of amides is 1. The number of likely N-dealkylation sites (tertiary alicyclic amines) is 1. The Bertz CT molecular complexity index is 1190. The molecule has 6 nitrogen and oxygen atoms in total. The molecule has 3 aromatic rings. The Morgan fingerprint density at radius 1 is 1.12 bits per heavy atom. The van der Waals surface area contributed by atoms with Gasteiger partial charge in [0.1, 0.15) is 12.4 Å². The van der Waals surface area contributed by atoms with E-state index in [9.17, 15) is 9.59 Å². The van der Waals surface area contributed by atoms with Crippen LogP contribution < -0.4 is 0 Å². The maximum absolute atomic E-state index is 13.3. The van der Waals surface area contributed by atoms with E-state index in [0.29, 0.717) is 52.5 Å². The molecule has 9 heteroatoms. The molecule has 1 amide bonds. The van der Waals surface area contributed by atoms with Gasteiger partial charge < -0.3 is 14.2 Å². The summed E-state index contributed by atoms with van der Waals surface area (Å²) < 4.78 is 7.02. The van der Waals surface area contributed by atoms with E-state index >= 15 is 0 Å². The Morgan fingerprint density at radius 2 is 1.88 bits per heavy atom. The van der Waals surface area contributed by atoms with Crippen molar-refractivity contribution in [1.82, 2.24) is 14.5 Å². The van der Waals surface area contributed by atoms with Crippen molar-refractivity contribution in [2.75, 3.05) is 19.7 Å². The molecule has 0 radical (unpaired) electrons. The summed E-state index contributed by atoms with van der Waals surface area (Å²) in [6, 6.07) is 11.0. The van der Waals surface area contributed by atoms with Crippen LogP contribution in [0.5, 0.6) is 0 Å². The number of hydrogen-bond donors (Lipinski definition) is 0. The second kappa shape index (κ2) is 10.3. The first kappa shape index (κ1) is 23.9. The van der Waals surface area contributed by atoms with E-state index in [1.165, 1.54) is 0 Å². The summed E-state index contributed by atoms with van der Waals surface area (Å²) in [5.74, 6) is 0.0560. The Morgan fingerprint density at radius 3 is 2.64 bits per heavy atom. The number of benzene rings is 2. The largest absolute Gasteiger partial charge is 0.466 e. The lowest BCUT2D eigenvalue weighted by Crippen LogP contribution is -2.44. The van der Waals surface area contributed by atoms with Crippen molar-refractivity contribution < 1.29 is 14.3 Å². The minimum atomic E-state index is -0.293. The number of aromatic nitrogens is 2. The van der Waals surface area contributed by atoms with Gasteiger partial charge in [0, 0.05) is 24.5 Å². The van der Waals surface area contributed by atoms with Crippen LogP contribution in [0.2, 0.25) is 15.1 Å². The number of halogens is 3. The number of fused-ring (bicyclic) bond motifs is 1. The summed E-state index contributed by atoms with van der Waals surface area (Å²) >= 11 is 18.9. The van der Waals surface area contributed by atoms with Crippen LogP contribution in [0.25, 0.3) is 11.0 Å². The highest BCUT2D eigenvalue weighted by molar-refractivity contribution is 6.42. The van der Waals surface area contributed by atoms with Gasteiger partial charge in [-0.1, -0.05) is 53.0 Å². The average Bonchev–Trinajstić information content (AvgIpc) is 3.11. The molecule has 1 saturated heterocycles. The second-order valence-electron chi connectivity index (χ2n) is 8.07. The molecule has 1 atom stereocenters. The molecular weight excluding hydrogens is 485 g/mol. The molecule has 2 aromatic carbocycles. The number of esters is 1. The predicted molar refractivity (Wildman–Crippen MR) is 130 cm³/mol.